The number of amides is 1. The topological polar surface area (TPSA) is 69.7 Å². The first-order chi connectivity index (χ1) is 14.2. The van der Waals surface area contributed by atoms with Gasteiger partial charge in [-0.05, 0) is 62.1 Å². The Hall–Kier alpha value is -2.54. The van der Waals surface area contributed by atoms with E-state index in [0.29, 0.717) is 24.2 Å². The molecule has 3 rings (SSSR count). The van der Waals surface area contributed by atoms with E-state index < -0.39 is 10.0 Å². The molecule has 7 heteroatoms. The smallest absolute Gasteiger partial charge is 0.254 e. The van der Waals surface area contributed by atoms with Crippen LogP contribution in [0.15, 0.2) is 42.5 Å². The van der Waals surface area contributed by atoms with E-state index in [2.05, 4.69) is 4.72 Å². The molecule has 1 amide bonds. The monoisotopic (exact) mass is 429 g/mol. The number of nitrogens with zero attached hydrogens (tertiary/aromatic N) is 2. The molecule has 2 aromatic carbocycles. The van der Waals surface area contributed by atoms with Gasteiger partial charge in [-0.25, -0.2) is 8.42 Å². The zero-order valence-electron chi connectivity index (χ0n) is 18.2. The second-order valence-corrected chi connectivity index (χ2v) is 10.0. The van der Waals surface area contributed by atoms with Crippen molar-refractivity contribution in [1.82, 2.24) is 4.90 Å². The van der Waals surface area contributed by atoms with Crippen LogP contribution in [0.1, 0.15) is 47.7 Å². The molecular formula is C23H31N3O3S. The molecule has 0 aromatic heterocycles. The minimum absolute atomic E-state index is 0.0165. The Morgan fingerprint density at radius 3 is 2.47 bits per heavy atom. The third kappa shape index (κ3) is 5.53. The Morgan fingerprint density at radius 1 is 1.13 bits per heavy atom. The summed E-state index contributed by atoms with van der Waals surface area (Å²) in [6, 6.07) is 13.4. The summed E-state index contributed by atoms with van der Waals surface area (Å²) in [5.74, 6) is 0.0977. The van der Waals surface area contributed by atoms with Crippen LogP contribution in [0.5, 0.6) is 0 Å². The highest BCUT2D eigenvalue weighted by Crippen LogP contribution is 2.33. The number of aryl methyl sites for hydroxylation is 1. The van der Waals surface area contributed by atoms with Crippen LogP contribution in [-0.2, 0) is 16.6 Å². The molecule has 162 valence electrons. The molecule has 6 nitrogen and oxygen atoms in total. The number of carbonyl (C=O) groups excluding carboxylic acids is 1. The Morgan fingerprint density at radius 2 is 1.87 bits per heavy atom. The lowest BCUT2D eigenvalue weighted by molar-refractivity contribution is 0.0730. The number of rotatable bonds is 9. The maximum Gasteiger partial charge on any atom is 0.254 e. The van der Waals surface area contributed by atoms with Crippen molar-refractivity contribution in [3.63, 3.8) is 0 Å². The number of nitrogens with one attached hydrogen (secondary N) is 1. The van der Waals surface area contributed by atoms with Gasteiger partial charge in [-0.1, -0.05) is 24.6 Å². The summed E-state index contributed by atoms with van der Waals surface area (Å²) in [5.41, 5.74) is 4.16. The fraction of sp³-hybridized carbons (Fsp3) is 0.435. The van der Waals surface area contributed by atoms with Gasteiger partial charge >= 0.3 is 0 Å². The highest BCUT2D eigenvalue weighted by molar-refractivity contribution is 7.92. The third-order valence-electron chi connectivity index (χ3n) is 5.16. The molecule has 30 heavy (non-hydrogen) atoms. The molecule has 1 fully saturated rings. The lowest BCUT2D eigenvalue weighted by Gasteiger charge is -2.26. The van der Waals surface area contributed by atoms with Crippen molar-refractivity contribution in [1.29, 1.82) is 0 Å². The summed E-state index contributed by atoms with van der Waals surface area (Å²) in [6.45, 7) is 4.26. The second-order valence-electron chi connectivity index (χ2n) is 8.19. The van der Waals surface area contributed by atoms with Gasteiger partial charge in [0.2, 0.25) is 10.0 Å². The summed E-state index contributed by atoms with van der Waals surface area (Å²) >= 11 is 0. The van der Waals surface area contributed by atoms with Gasteiger partial charge in [0, 0.05) is 43.6 Å². The van der Waals surface area contributed by atoms with Crippen molar-refractivity contribution in [2.75, 3.05) is 29.5 Å². The van der Waals surface area contributed by atoms with Gasteiger partial charge in [-0.3, -0.25) is 9.52 Å². The van der Waals surface area contributed by atoms with Crippen LogP contribution in [0.4, 0.5) is 11.4 Å². The van der Waals surface area contributed by atoms with Crippen LogP contribution in [0.25, 0.3) is 0 Å². The Bertz CT molecular complexity index is 1010. The van der Waals surface area contributed by atoms with Crippen molar-refractivity contribution in [2.45, 2.75) is 45.7 Å². The van der Waals surface area contributed by atoms with Crippen LogP contribution >= 0.6 is 0 Å². The van der Waals surface area contributed by atoms with Crippen molar-refractivity contribution >= 4 is 27.3 Å². The molecule has 0 saturated heterocycles. The van der Waals surface area contributed by atoms with Crippen molar-refractivity contribution < 1.29 is 13.2 Å². The SMILES string of the molecule is CCCS(=O)(=O)Nc1ccc(N(C)C)c(CN(C(=O)c2cccc(C)c2)C2CC2)c1. The van der Waals surface area contributed by atoms with Gasteiger partial charge in [-0.15, -0.1) is 0 Å². The minimum Gasteiger partial charge on any atom is -0.377 e. The molecule has 2 aromatic rings. The summed E-state index contributed by atoms with van der Waals surface area (Å²) in [4.78, 5) is 17.2. The predicted molar refractivity (Wildman–Crippen MR) is 123 cm³/mol. The van der Waals surface area contributed by atoms with E-state index in [1.807, 2.05) is 74.1 Å². The van der Waals surface area contributed by atoms with E-state index in [0.717, 1.165) is 29.7 Å². The van der Waals surface area contributed by atoms with E-state index in [4.69, 9.17) is 0 Å². The molecule has 0 bridgehead atoms. The first-order valence-corrected chi connectivity index (χ1v) is 12.0. The van der Waals surface area contributed by atoms with E-state index in [-0.39, 0.29) is 17.7 Å². The molecular weight excluding hydrogens is 398 g/mol. The maximum absolute atomic E-state index is 13.3. The van der Waals surface area contributed by atoms with Crippen molar-refractivity contribution in [3.8, 4) is 0 Å². The van der Waals surface area contributed by atoms with Gasteiger partial charge in [0.1, 0.15) is 0 Å². The van der Waals surface area contributed by atoms with Gasteiger partial charge in [-0.2, -0.15) is 0 Å². The zero-order valence-corrected chi connectivity index (χ0v) is 19.0. The Kier molecular flexibility index (Phi) is 6.71. The molecule has 1 saturated carbocycles. The normalized spacial score (nSPS) is 13.7. The largest absolute Gasteiger partial charge is 0.377 e. The van der Waals surface area contributed by atoms with Crippen LogP contribution in [0.3, 0.4) is 0 Å². The summed E-state index contributed by atoms with van der Waals surface area (Å²) < 4.78 is 27.1. The summed E-state index contributed by atoms with van der Waals surface area (Å²) in [6.07, 6.45) is 2.55. The molecule has 0 heterocycles. The lowest BCUT2D eigenvalue weighted by Crippen LogP contribution is -2.33. The average molecular weight is 430 g/mol. The quantitative estimate of drug-likeness (QED) is 0.654. The molecule has 0 atom stereocenters. The van der Waals surface area contributed by atoms with Crippen LogP contribution < -0.4 is 9.62 Å². The fourth-order valence-electron chi connectivity index (χ4n) is 3.59. The number of hydrogen-bond donors (Lipinski definition) is 1. The molecule has 0 unspecified atom stereocenters. The molecule has 1 aliphatic rings. The van der Waals surface area contributed by atoms with E-state index in [1.54, 1.807) is 6.07 Å². The molecule has 0 aliphatic heterocycles. The second kappa shape index (κ2) is 9.08. The standard InChI is InChI=1S/C23H31N3O3S/c1-5-13-30(28,29)24-20-9-12-22(25(3)4)19(15-20)16-26(21-10-11-21)23(27)18-8-6-7-17(2)14-18/h6-9,12,14-15,21,24H,5,10-11,13,16H2,1-4H3. The predicted octanol–water partition coefficient (Wildman–Crippen LogP) is 4.02. The number of benzene rings is 2. The van der Waals surface area contributed by atoms with Gasteiger partial charge < -0.3 is 9.80 Å². The molecule has 0 spiro atoms. The number of sulfonamides is 1. The van der Waals surface area contributed by atoms with E-state index in [9.17, 15) is 13.2 Å². The lowest BCUT2D eigenvalue weighted by atomic mass is 10.1. The van der Waals surface area contributed by atoms with Crippen molar-refractivity contribution in [2.24, 2.45) is 0 Å². The van der Waals surface area contributed by atoms with E-state index in [1.165, 1.54) is 0 Å². The van der Waals surface area contributed by atoms with Crippen molar-refractivity contribution in [3.05, 3.63) is 59.2 Å². The van der Waals surface area contributed by atoms with Gasteiger partial charge in [0.15, 0.2) is 0 Å². The maximum atomic E-state index is 13.3. The molecule has 0 radical (unpaired) electrons. The van der Waals surface area contributed by atoms with Gasteiger partial charge in [0.25, 0.3) is 5.91 Å². The van der Waals surface area contributed by atoms with Crippen LogP contribution in [-0.4, -0.2) is 45.1 Å². The fourth-order valence-corrected chi connectivity index (χ4v) is 4.72. The minimum atomic E-state index is -3.38. The van der Waals surface area contributed by atoms with Crippen LogP contribution in [0.2, 0.25) is 0 Å². The van der Waals surface area contributed by atoms with E-state index >= 15 is 0 Å². The molecule has 1 aliphatic carbocycles. The first-order valence-electron chi connectivity index (χ1n) is 10.4. The zero-order chi connectivity index (χ0) is 21.9. The highest BCUT2D eigenvalue weighted by atomic mass is 32.2. The summed E-state index contributed by atoms with van der Waals surface area (Å²) in [5, 5.41) is 0. The molecule has 1 N–H and O–H groups in total. The van der Waals surface area contributed by atoms with Crippen LogP contribution in [0, 0.1) is 6.92 Å². The number of carbonyl (C=O) groups is 1. The third-order valence-corrected chi connectivity index (χ3v) is 6.65. The Labute approximate surface area is 179 Å². The number of anilines is 2. The number of hydrogen-bond acceptors (Lipinski definition) is 4. The Balaban J connectivity index is 1.91. The highest BCUT2D eigenvalue weighted by Gasteiger charge is 2.33. The van der Waals surface area contributed by atoms with Gasteiger partial charge in [0.05, 0.1) is 5.75 Å². The average Bonchev–Trinajstić information content (AvgIpc) is 3.50. The first kappa shape index (κ1) is 22.2. The summed E-state index contributed by atoms with van der Waals surface area (Å²) in [7, 11) is 0.521.